The molecule has 0 N–H and O–H groups in total. The van der Waals surface area contributed by atoms with Crippen LogP contribution in [0.2, 0.25) is 0 Å². The summed E-state index contributed by atoms with van der Waals surface area (Å²) in [4.78, 5) is 30.0. The van der Waals surface area contributed by atoms with Crippen LogP contribution in [0.5, 0.6) is 0 Å². The Bertz CT molecular complexity index is 496. The van der Waals surface area contributed by atoms with E-state index in [-0.39, 0.29) is 17.9 Å². The summed E-state index contributed by atoms with van der Waals surface area (Å²) in [6.07, 6.45) is 3.05. The minimum Gasteiger partial charge on any atom is -0.355 e. The SMILES string of the molecule is CCN1C(=O)[C@@H]2[C@H](O[C@@]3(C)C=C(C)C=N[C@H]23)C1=O. The molecule has 0 aromatic heterocycles. The molecule has 4 atom stereocenters. The van der Waals surface area contributed by atoms with E-state index in [1.807, 2.05) is 19.9 Å². The third-order valence-electron chi connectivity index (χ3n) is 3.96. The predicted octanol–water partition coefficient (Wildman–Crippen LogP) is 0.548. The standard InChI is InChI=1S/C13H16N2O3/c1-4-15-11(16)8-9(12(15)17)18-13(3)5-7(2)6-14-10(8)13/h5-6,8-10H,4H2,1-3H3/t8-,9+,10-,13+/m1/s1. The maximum atomic E-state index is 12.2. The van der Waals surface area contributed by atoms with Gasteiger partial charge in [0.2, 0.25) is 5.91 Å². The van der Waals surface area contributed by atoms with E-state index in [0.29, 0.717) is 6.54 Å². The number of amides is 2. The second kappa shape index (κ2) is 3.51. The van der Waals surface area contributed by atoms with Crippen LogP contribution < -0.4 is 0 Å². The van der Waals surface area contributed by atoms with Crippen molar-refractivity contribution in [3.8, 4) is 0 Å². The molecule has 0 unspecified atom stereocenters. The number of likely N-dealkylation sites (tertiary alicyclic amines) is 1. The summed E-state index contributed by atoms with van der Waals surface area (Å²) in [7, 11) is 0. The van der Waals surface area contributed by atoms with Crippen molar-refractivity contribution in [2.24, 2.45) is 10.9 Å². The van der Waals surface area contributed by atoms with Gasteiger partial charge in [-0.15, -0.1) is 0 Å². The van der Waals surface area contributed by atoms with E-state index in [0.717, 1.165) is 5.57 Å². The highest BCUT2D eigenvalue weighted by Crippen LogP contribution is 2.45. The van der Waals surface area contributed by atoms with Gasteiger partial charge < -0.3 is 4.74 Å². The molecule has 0 aromatic carbocycles. The van der Waals surface area contributed by atoms with Gasteiger partial charge in [-0.05, 0) is 32.4 Å². The molecular formula is C13H16N2O3. The summed E-state index contributed by atoms with van der Waals surface area (Å²) < 4.78 is 5.86. The lowest BCUT2D eigenvalue weighted by atomic mass is 9.85. The lowest BCUT2D eigenvalue weighted by Gasteiger charge is -2.30. The normalized spacial score (nSPS) is 42.1. The molecule has 0 radical (unpaired) electrons. The Morgan fingerprint density at radius 3 is 2.83 bits per heavy atom. The zero-order chi connectivity index (χ0) is 13.1. The largest absolute Gasteiger partial charge is 0.355 e. The second-order valence-electron chi connectivity index (χ2n) is 5.28. The first-order valence-electron chi connectivity index (χ1n) is 6.23. The van der Waals surface area contributed by atoms with Gasteiger partial charge in [0.1, 0.15) is 5.60 Å². The number of rotatable bonds is 1. The molecule has 2 saturated heterocycles. The fourth-order valence-corrected chi connectivity index (χ4v) is 3.21. The van der Waals surface area contributed by atoms with Gasteiger partial charge in [-0.2, -0.15) is 0 Å². The molecular weight excluding hydrogens is 232 g/mol. The maximum Gasteiger partial charge on any atom is 0.259 e. The predicted molar refractivity (Wildman–Crippen MR) is 65.2 cm³/mol. The van der Waals surface area contributed by atoms with Crippen LogP contribution in [0.4, 0.5) is 0 Å². The molecule has 0 spiro atoms. The minimum atomic E-state index is -0.660. The molecule has 0 saturated carbocycles. The van der Waals surface area contributed by atoms with Gasteiger partial charge in [0.15, 0.2) is 6.10 Å². The van der Waals surface area contributed by atoms with Crippen LogP contribution in [-0.4, -0.2) is 47.2 Å². The molecule has 0 aromatic rings. The lowest BCUT2D eigenvalue weighted by molar-refractivity contribution is -0.145. The Labute approximate surface area is 106 Å². The van der Waals surface area contributed by atoms with Crippen molar-refractivity contribution in [1.82, 2.24) is 4.90 Å². The van der Waals surface area contributed by atoms with E-state index >= 15 is 0 Å². The van der Waals surface area contributed by atoms with E-state index in [4.69, 9.17) is 4.74 Å². The molecule has 2 amide bonds. The zero-order valence-electron chi connectivity index (χ0n) is 10.7. The number of dihydropyridines is 1. The second-order valence-corrected chi connectivity index (χ2v) is 5.28. The topological polar surface area (TPSA) is 59.0 Å². The molecule has 5 nitrogen and oxygen atoms in total. The van der Waals surface area contributed by atoms with Crippen LogP contribution in [0, 0.1) is 5.92 Å². The van der Waals surface area contributed by atoms with Crippen molar-refractivity contribution in [3.05, 3.63) is 11.6 Å². The van der Waals surface area contributed by atoms with Gasteiger partial charge in [0.25, 0.3) is 5.91 Å². The molecule has 3 rings (SSSR count). The number of allylic oxidation sites excluding steroid dienone is 1. The summed E-state index contributed by atoms with van der Waals surface area (Å²) in [6, 6.07) is -0.279. The van der Waals surface area contributed by atoms with Gasteiger partial charge in [-0.25, -0.2) is 0 Å². The highest BCUT2D eigenvalue weighted by atomic mass is 16.5. The number of imide groups is 1. The average molecular weight is 248 g/mol. The van der Waals surface area contributed by atoms with Gasteiger partial charge >= 0.3 is 0 Å². The number of aliphatic imine (C=N–C) groups is 1. The van der Waals surface area contributed by atoms with E-state index in [2.05, 4.69) is 4.99 Å². The third kappa shape index (κ3) is 1.28. The fourth-order valence-electron chi connectivity index (χ4n) is 3.21. The van der Waals surface area contributed by atoms with Gasteiger partial charge in [0.05, 0.1) is 12.0 Å². The molecule has 3 aliphatic heterocycles. The number of carbonyl (C=O) groups is 2. The number of nitrogens with zero attached hydrogens (tertiary/aromatic N) is 2. The van der Waals surface area contributed by atoms with Crippen molar-refractivity contribution >= 4 is 18.0 Å². The number of hydrogen-bond acceptors (Lipinski definition) is 4. The highest BCUT2D eigenvalue weighted by Gasteiger charge is 2.63. The third-order valence-corrected chi connectivity index (χ3v) is 3.96. The van der Waals surface area contributed by atoms with Crippen molar-refractivity contribution in [3.63, 3.8) is 0 Å². The van der Waals surface area contributed by atoms with Gasteiger partial charge in [0, 0.05) is 12.8 Å². The molecule has 5 heteroatoms. The molecule has 18 heavy (non-hydrogen) atoms. The summed E-state index contributed by atoms with van der Waals surface area (Å²) in [6.45, 7) is 6.03. The summed E-state index contributed by atoms with van der Waals surface area (Å²) in [5.74, 6) is -0.821. The molecule has 0 bridgehead atoms. The fraction of sp³-hybridized carbons (Fsp3) is 0.615. The first kappa shape index (κ1) is 11.6. The first-order chi connectivity index (χ1) is 8.48. The summed E-state index contributed by atoms with van der Waals surface area (Å²) in [5, 5.41) is 0. The van der Waals surface area contributed by atoms with E-state index < -0.39 is 17.6 Å². The van der Waals surface area contributed by atoms with E-state index in [1.165, 1.54) is 4.90 Å². The molecule has 3 aliphatic rings. The smallest absolute Gasteiger partial charge is 0.259 e. The zero-order valence-corrected chi connectivity index (χ0v) is 10.7. The number of ether oxygens (including phenoxy) is 1. The average Bonchev–Trinajstić information content (AvgIpc) is 2.71. The Morgan fingerprint density at radius 1 is 1.44 bits per heavy atom. The van der Waals surface area contributed by atoms with E-state index in [1.54, 1.807) is 13.1 Å². The van der Waals surface area contributed by atoms with Crippen LogP contribution in [0.3, 0.4) is 0 Å². The van der Waals surface area contributed by atoms with Crippen LogP contribution in [0.25, 0.3) is 0 Å². The van der Waals surface area contributed by atoms with Gasteiger partial charge in [-0.1, -0.05) is 0 Å². The van der Waals surface area contributed by atoms with Crippen LogP contribution >= 0.6 is 0 Å². The quantitative estimate of drug-likeness (QED) is 0.637. The highest BCUT2D eigenvalue weighted by molar-refractivity contribution is 6.07. The maximum absolute atomic E-state index is 12.2. The van der Waals surface area contributed by atoms with Crippen molar-refractivity contribution in [1.29, 1.82) is 0 Å². The van der Waals surface area contributed by atoms with Crippen LogP contribution in [0.1, 0.15) is 20.8 Å². The monoisotopic (exact) mass is 248 g/mol. The van der Waals surface area contributed by atoms with Crippen LogP contribution in [-0.2, 0) is 14.3 Å². The Hall–Kier alpha value is -1.49. The Balaban J connectivity index is 2.01. The number of hydrogen-bond donors (Lipinski definition) is 0. The first-order valence-corrected chi connectivity index (χ1v) is 6.23. The molecule has 0 aliphatic carbocycles. The molecule has 96 valence electrons. The number of fused-ring (bicyclic) bond motifs is 3. The Morgan fingerprint density at radius 2 is 2.17 bits per heavy atom. The summed E-state index contributed by atoms with van der Waals surface area (Å²) >= 11 is 0. The molecule has 2 fully saturated rings. The number of likely N-dealkylation sites (N-methyl/N-ethyl adjacent to an activating group) is 1. The minimum absolute atomic E-state index is 0.147. The van der Waals surface area contributed by atoms with Crippen LogP contribution in [0.15, 0.2) is 16.6 Å². The summed E-state index contributed by atoms with van der Waals surface area (Å²) in [5.41, 5.74) is 0.375. The van der Waals surface area contributed by atoms with Crippen molar-refractivity contribution in [2.75, 3.05) is 6.54 Å². The molecule has 3 heterocycles. The number of carbonyl (C=O) groups excluding carboxylic acids is 2. The van der Waals surface area contributed by atoms with Gasteiger partial charge in [-0.3, -0.25) is 19.5 Å². The van der Waals surface area contributed by atoms with Crippen molar-refractivity contribution in [2.45, 2.75) is 38.5 Å². The lowest BCUT2D eigenvalue weighted by Crippen LogP contribution is -2.43. The Kier molecular flexibility index (Phi) is 2.26. The van der Waals surface area contributed by atoms with Crippen molar-refractivity contribution < 1.29 is 14.3 Å². The van der Waals surface area contributed by atoms with E-state index in [9.17, 15) is 9.59 Å².